The predicted octanol–water partition coefficient (Wildman–Crippen LogP) is 1.54. The summed E-state index contributed by atoms with van der Waals surface area (Å²) in [5.41, 5.74) is 0.564. The van der Waals surface area contributed by atoms with Crippen molar-refractivity contribution in [2.75, 3.05) is 39.2 Å². The number of likely N-dealkylation sites (N-methyl/N-ethyl adjacent to an activating group) is 1. The molecule has 3 amide bonds. The number of nitrogens with zero attached hydrogens (tertiary/aromatic N) is 2. The largest absolute Gasteiger partial charge is 0.385 e. The van der Waals surface area contributed by atoms with E-state index in [1.165, 1.54) is 27.6 Å². The van der Waals surface area contributed by atoms with E-state index in [1.54, 1.807) is 19.5 Å². The van der Waals surface area contributed by atoms with Crippen molar-refractivity contribution in [2.45, 2.75) is 19.3 Å². The summed E-state index contributed by atoms with van der Waals surface area (Å²) in [5, 5.41) is 9.60. The lowest BCUT2D eigenvalue weighted by atomic mass is 10.3. The number of anilines is 1. The summed E-state index contributed by atoms with van der Waals surface area (Å²) in [6.45, 7) is 1.07. The molecule has 0 radical (unpaired) electrons. The number of hydrogen-bond donors (Lipinski definition) is 2. The molecule has 0 unspecified atom stereocenters. The Morgan fingerprint density at radius 1 is 1.21 bits per heavy atom. The minimum atomic E-state index is -0.216. The predicted molar refractivity (Wildman–Crippen MR) is 110 cm³/mol. The fourth-order valence-electron chi connectivity index (χ4n) is 2.27. The van der Waals surface area contributed by atoms with Crippen LogP contribution in [0.25, 0.3) is 0 Å². The molecule has 0 aliphatic carbocycles. The number of ether oxygens (including phenoxy) is 1. The first-order chi connectivity index (χ1) is 13.5. The average molecular weight is 425 g/mol. The molecule has 0 fully saturated rings. The maximum atomic E-state index is 12.3. The number of carbonyl (C=O) groups excluding carboxylic acids is 3. The fraction of sp³-hybridized carbons (Fsp3) is 0.444. The third-order valence-corrected chi connectivity index (χ3v) is 5.38. The standard InChI is InChI=1S/C18H24N4O4S2/c1-22(11-16(24)19-6-4-7-26-2)17(25)9-13-12-28-18(20-13)21-15(23)10-14-5-3-8-27-14/h3,5,8,12H,4,6-7,9-11H2,1-2H3,(H,19,24)(H,20,21,23). The Bertz CT molecular complexity index is 776. The van der Waals surface area contributed by atoms with E-state index in [1.807, 2.05) is 17.5 Å². The second-order valence-electron chi connectivity index (χ2n) is 6.07. The van der Waals surface area contributed by atoms with Crippen molar-refractivity contribution >= 4 is 45.5 Å². The molecule has 0 spiro atoms. The lowest BCUT2D eigenvalue weighted by Gasteiger charge is -2.16. The number of thiophene rings is 1. The molecular formula is C18H24N4O4S2. The van der Waals surface area contributed by atoms with E-state index in [9.17, 15) is 14.4 Å². The van der Waals surface area contributed by atoms with Crippen molar-refractivity contribution in [1.29, 1.82) is 0 Å². The number of nitrogens with one attached hydrogen (secondary N) is 2. The van der Waals surface area contributed by atoms with Crippen LogP contribution in [0, 0.1) is 0 Å². The Morgan fingerprint density at radius 3 is 2.75 bits per heavy atom. The number of rotatable bonds is 11. The van der Waals surface area contributed by atoms with Crippen molar-refractivity contribution in [3.8, 4) is 0 Å². The first-order valence-corrected chi connectivity index (χ1v) is 10.5. The van der Waals surface area contributed by atoms with E-state index < -0.39 is 0 Å². The van der Waals surface area contributed by atoms with Gasteiger partial charge >= 0.3 is 0 Å². The highest BCUT2D eigenvalue weighted by molar-refractivity contribution is 7.14. The second-order valence-corrected chi connectivity index (χ2v) is 7.96. The molecule has 0 bridgehead atoms. The monoisotopic (exact) mass is 424 g/mol. The van der Waals surface area contributed by atoms with Gasteiger partial charge in [-0.25, -0.2) is 4.98 Å². The molecule has 10 heteroatoms. The highest BCUT2D eigenvalue weighted by Crippen LogP contribution is 2.17. The normalized spacial score (nSPS) is 10.5. The van der Waals surface area contributed by atoms with Crippen molar-refractivity contribution < 1.29 is 19.1 Å². The molecule has 0 saturated carbocycles. The summed E-state index contributed by atoms with van der Waals surface area (Å²) in [4.78, 5) is 42.7. The topological polar surface area (TPSA) is 101 Å². The summed E-state index contributed by atoms with van der Waals surface area (Å²) in [6, 6.07) is 3.80. The number of hydrogen-bond acceptors (Lipinski definition) is 7. The van der Waals surface area contributed by atoms with Gasteiger partial charge in [-0.15, -0.1) is 22.7 Å². The minimum Gasteiger partial charge on any atom is -0.385 e. The maximum Gasteiger partial charge on any atom is 0.239 e. The lowest BCUT2D eigenvalue weighted by molar-refractivity contribution is -0.134. The molecule has 0 atom stereocenters. The minimum absolute atomic E-state index is 0.0135. The quantitative estimate of drug-likeness (QED) is 0.533. The highest BCUT2D eigenvalue weighted by Gasteiger charge is 2.16. The van der Waals surface area contributed by atoms with Crippen LogP contribution in [0.1, 0.15) is 17.0 Å². The van der Waals surface area contributed by atoms with Gasteiger partial charge in [0.2, 0.25) is 17.7 Å². The van der Waals surface area contributed by atoms with Crippen LogP contribution < -0.4 is 10.6 Å². The molecule has 0 aliphatic rings. The molecule has 152 valence electrons. The molecule has 2 aromatic heterocycles. The second kappa shape index (κ2) is 11.5. The first kappa shape index (κ1) is 22.0. The van der Waals surface area contributed by atoms with Crippen LogP contribution >= 0.6 is 22.7 Å². The van der Waals surface area contributed by atoms with E-state index in [0.717, 1.165) is 11.3 Å². The number of thiazole rings is 1. The molecule has 8 nitrogen and oxygen atoms in total. The van der Waals surface area contributed by atoms with E-state index in [4.69, 9.17) is 4.74 Å². The summed E-state index contributed by atoms with van der Waals surface area (Å²) < 4.78 is 4.91. The number of aromatic nitrogens is 1. The molecule has 0 aromatic carbocycles. The molecule has 2 heterocycles. The van der Waals surface area contributed by atoms with E-state index in [-0.39, 0.29) is 30.7 Å². The Labute approximate surface area is 171 Å². The van der Waals surface area contributed by atoms with Gasteiger partial charge in [-0.05, 0) is 17.9 Å². The summed E-state index contributed by atoms with van der Waals surface area (Å²) in [5.74, 6) is -0.572. The van der Waals surface area contributed by atoms with Gasteiger partial charge in [-0.1, -0.05) is 6.07 Å². The Balaban J connectivity index is 1.74. The zero-order valence-corrected chi connectivity index (χ0v) is 17.5. The number of carbonyl (C=O) groups is 3. The van der Waals surface area contributed by atoms with Gasteiger partial charge in [0.1, 0.15) is 0 Å². The Kier molecular flexibility index (Phi) is 9.05. The summed E-state index contributed by atoms with van der Waals surface area (Å²) in [7, 11) is 3.18. The van der Waals surface area contributed by atoms with Gasteiger partial charge in [0, 0.05) is 37.6 Å². The average Bonchev–Trinajstić information content (AvgIpc) is 3.30. The molecule has 2 rings (SSSR count). The zero-order chi connectivity index (χ0) is 20.4. The molecular weight excluding hydrogens is 400 g/mol. The molecule has 28 heavy (non-hydrogen) atoms. The Hall–Kier alpha value is -2.30. The zero-order valence-electron chi connectivity index (χ0n) is 15.9. The van der Waals surface area contributed by atoms with E-state index >= 15 is 0 Å². The van der Waals surface area contributed by atoms with Crippen LogP contribution in [0.4, 0.5) is 5.13 Å². The molecule has 2 N–H and O–H groups in total. The van der Waals surface area contributed by atoms with Gasteiger partial charge < -0.3 is 20.3 Å². The number of amides is 3. The van der Waals surface area contributed by atoms with Crippen LogP contribution in [-0.2, 0) is 32.0 Å². The van der Waals surface area contributed by atoms with Gasteiger partial charge in [0.05, 0.1) is 25.1 Å². The van der Waals surface area contributed by atoms with Crippen LogP contribution in [-0.4, -0.2) is 61.5 Å². The SMILES string of the molecule is COCCCNC(=O)CN(C)C(=O)Cc1csc(NC(=O)Cc2cccs2)n1. The van der Waals surface area contributed by atoms with Gasteiger partial charge in [0.25, 0.3) is 0 Å². The molecule has 2 aromatic rings. The first-order valence-electron chi connectivity index (χ1n) is 8.74. The molecule has 0 aliphatic heterocycles. The fourth-order valence-corrected chi connectivity index (χ4v) is 3.70. The third kappa shape index (κ3) is 7.75. The van der Waals surface area contributed by atoms with E-state index in [2.05, 4.69) is 15.6 Å². The van der Waals surface area contributed by atoms with Gasteiger partial charge in [0.15, 0.2) is 5.13 Å². The van der Waals surface area contributed by atoms with Crippen LogP contribution in [0.5, 0.6) is 0 Å². The summed E-state index contributed by atoms with van der Waals surface area (Å²) >= 11 is 2.80. The molecule has 0 saturated heterocycles. The number of methoxy groups -OCH3 is 1. The third-order valence-electron chi connectivity index (χ3n) is 3.70. The van der Waals surface area contributed by atoms with Crippen molar-refractivity contribution in [3.63, 3.8) is 0 Å². The van der Waals surface area contributed by atoms with Crippen LogP contribution in [0.2, 0.25) is 0 Å². The summed E-state index contributed by atoms with van der Waals surface area (Å²) in [6.07, 6.45) is 1.10. The maximum absolute atomic E-state index is 12.3. The highest BCUT2D eigenvalue weighted by atomic mass is 32.1. The Morgan fingerprint density at radius 2 is 2.04 bits per heavy atom. The van der Waals surface area contributed by atoms with Gasteiger partial charge in [-0.3, -0.25) is 14.4 Å². The van der Waals surface area contributed by atoms with E-state index in [0.29, 0.717) is 30.4 Å². The van der Waals surface area contributed by atoms with Crippen molar-refractivity contribution in [2.24, 2.45) is 0 Å². The smallest absolute Gasteiger partial charge is 0.239 e. The lowest BCUT2D eigenvalue weighted by Crippen LogP contribution is -2.39. The van der Waals surface area contributed by atoms with Crippen molar-refractivity contribution in [1.82, 2.24) is 15.2 Å². The van der Waals surface area contributed by atoms with Gasteiger partial charge in [-0.2, -0.15) is 0 Å². The van der Waals surface area contributed by atoms with Crippen LogP contribution in [0.3, 0.4) is 0 Å². The van der Waals surface area contributed by atoms with Crippen LogP contribution in [0.15, 0.2) is 22.9 Å². The van der Waals surface area contributed by atoms with Crippen molar-refractivity contribution in [3.05, 3.63) is 33.5 Å².